The zero-order valence-electron chi connectivity index (χ0n) is 16.6. The van der Waals surface area contributed by atoms with Gasteiger partial charge < -0.3 is 4.90 Å². The van der Waals surface area contributed by atoms with E-state index in [9.17, 15) is 4.79 Å². The standard InChI is InChI=1S/C23H26N4O/c1-17-20-10-3-4-11-21(20)25-22(24-17)16-26(2)23(28)19-9-7-8-18(14-19)15-27-12-5-6-13-27/h3-4,7-11,14H,5-6,12-13,15-16H2,1-2H3. The molecular formula is C23H26N4O. The summed E-state index contributed by atoms with van der Waals surface area (Å²) in [5.41, 5.74) is 3.77. The van der Waals surface area contributed by atoms with E-state index in [1.54, 1.807) is 4.90 Å². The molecule has 3 aromatic rings. The molecule has 0 unspecified atom stereocenters. The SMILES string of the molecule is Cc1nc(CN(C)C(=O)c2cccc(CN3CCCC3)c2)nc2ccccc12. The van der Waals surface area contributed by atoms with Gasteiger partial charge in [-0.05, 0) is 56.6 Å². The van der Waals surface area contributed by atoms with Gasteiger partial charge in [-0.15, -0.1) is 0 Å². The van der Waals surface area contributed by atoms with Crippen molar-refractivity contribution >= 4 is 16.8 Å². The Labute approximate surface area is 166 Å². The number of hydrogen-bond acceptors (Lipinski definition) is 4. The zero-order chi connectivity index (χ0) is 19.5. The third kappa shape index (κ3) is 4.04. The highest BCUT2D eigenvalue weighted by atomic mass is 16.2. The Kier molecular flexibility index (Phi) is 5.35. The molecule has 0 aliphatic carbocycles. The average Bonchev–Trinajstić information content (AvgIpc) is 3.20. The molecular weight excluding hydrogens is 348 g/mol. The molecule has 1 amide bonds. The van der Waals surface area contributed by atoms with Crippen molar-refractivity contribution in [1.29, 1.82) is 0 Å². The van der Waals surface area contributed by atoms with Crippen molar-refractivity contribution in [2.75, 3.05) is 20.1 Å². The van der Waals surface area contributed by atoms with Gasteiger partial charge in [0.2, 0.25) is 0 Å². The van der Waals surface area contributed by atoms with Crippen molar-refractivity contribution in [2.24, 2.45) is 0 Å². The van der Waals surface area contributed by atoms with Gasteiger partial charge >= 0.3 is 0 Å². The van der Waals surface area contributed by atoms with Gasteiger partial charge in [-0.2, -0.15) is 0 Å². The lowest BCUT2D eigenvalue weighted by Gasteiger charge is -2.18. The predicted octanol–water partition coefficient (Wildman–Crippen LogP) is 3.81. The van der Waals surface area contributed by atoms with Crippen molar-refractivity contribution in [1.82, 2.24) is 19.8 Å². The number of fused-ring (bicyclic) bond motifs is 1. The first kappa shape index (κ1) is 18.6. The predicted molar refractivity (Wildman–Crippen MR) is 111 cm³/mol. The normalized spacial score (nSPS) is 14.5. The van der Waals surface area contributed by atoms with Crippen molar-refractivity contribution in [2.45, 2.75) is 32.9 Å². The van der Waals surface area contributed by atoms with E-state index in [1.807, 2.05) is 56.4 Å². The van der Waals surface area contributed by atoms with Crippen LogP contribution in [-0.2, 0) is 13.1 Å². The third-order valence-corrected chi connectivity index (χ3v) is 5.34. The summed E-state index contributed by atoms with van der Waals surface area (Å²) in [6, 6.07) is 15.9. The number of para-hydroxylation sites is 1. The number of nitrogens with zero attached hydrogens (tertiary/aromatic N) is 4. The second kappa shape index (κ2) is 8.07. The summed E-state index contributed by atoms with van der Waals surface area (Å²) in [6.07, 6.45) is 2.54. The number of rotatable bonds is 5. The van der Waals surface area contributed by atoms with Crippen LogP contribution in [0.5, 0.6) is 0 Å². The lowest BCUT2D eigenvalue weighted by molar-refractivity contribution is 0.0781. The maximum Gasteiger partial charge on any atom is 0.254 e. The first-order valence-electron chi connectivity index (χ1n) is 9.89. The number of hydrogen-bond donors (Lipinski definition) is 0. The molecule has 0 N–H and O–H groups in total. The quantitative estimate of drug-likeness (QED) is 0.681. The van der Waals surface area contributed by atoms with E-state index >= 15 is 0 Å². The average molecular weight is 374 g/mol. The second-order valence-corrected chi connectivity index (χ2v) is 7.59. The smallest absolute Gasteiger partial charge is 0.254 e. The Morgan fingerprint density at radius 1 is 1.07 bits per heavy atom. The molecule has 0 spiro atoms. The molecule has 2 heterocycles. The minimum atomic E-state index is -0.00214. The van der Waals surface area contributed by atoms with Crippen molar-refractivity contribution in [3.63, 3.8) is 0 Å². The van der Waals surface area contributed by atoms with Gasteiger partial charge in [-0.1, -0.05) is 30.3 Å². The van der Waals surface area contributed by atoms with E-state index < -0.39 is 0 Å². The summed E-state index contributed by atoms with van der Waals surface area (Å²) in [4.78, 5) is 26.3. The molecule has 0 atom stereocenters. The second-order valence-electron chi connectivity index (χ2n) is 7.59. The molecule has 4 rings (SSSR count). The van der Waals surface area contributed by atoms with Crippen LogP contribution in [0.1, 0.15) is 40.3 Å². The Morgan fingerprint density at radius 3 is 2.68 bits per heavy atom. The van der Waals surface area contributed by atoms with Gasteiger partial charge in [0.05, 0.1) is 12.1 Å². The van der Waals surface area contributed by atoms with Crippen LogP contribution in [0.15, 0.2) is 48.5 Å². The molecule has 2 aromatic carbocycles. The van der Waals surface area contributed by atoms with Gasteiger partial charge in [0.25, 0.3) is 5.91 Å². The maximum absolute atomic E-state index is 12.9. The Balaban J connectivity index is 1.49. The zero-order valence-corrected chi connectivity index (χ0v) is 16.6. The Hall–Kier alpha value is -2.79. The molecule has 1 fully saturated rings. The summed E-state index contributed by atoms with van der Waals surface area (Å²) in [5, 5.41) is 1.05. The lowest BCUT2D eigenvalue weighted by atomic mass is 10.1. The van der Waals surface area contributed by atoms with Crippen LogP contribution in [0.25, 0.3) is 10.9 Å². The molecule has 144 valence electrons. The van der Waals surface area contributed by atoms with Gasteiger partial charge in [-0.25, -0.2) is 9.97 Å². The summed E-state index contributed by atoms with van der Waals surface area (Å²) < 4.78 is 0. The highest BCUT2D eigenvalue weighted by Gasteiger charge is 2.16. The molecule has 1 aromatic heterocycles. The van der Waals surface area contributed by atoms with Crippen LogP contribution in [0, 0.1) is 6.92 Å². The molecule has 28 heavy (non-hydrogen) atoms. The van der Waals surface area contributed by atoms with Crippen molar-refractivity contribution in [3.05, 3.63) is 71.2 Å². The van der Waals surface area contributed by atoms with Crippen molar-refractivity contribution in [3.8, 4) is 0 Å². The number of likely N-dealkylation sites (tertiary alicyclic amines) is 1. The van der Waals surface area contributed by atoms with Crippen LogP contribution in [0.4, 0.5) is 0 Å². The Morgan fingerprint density at radius 2 is 1.86 bits per heavy atom. The molecule has 1 saturated heterocycles. The fourth-order valence-corrected chi connectivity index (χ4v) is 3.87. The van der Waals surface area contributed by atoms with E-state index in [2.05, 4.69) is 20.9 Å². The van der Waals surface area contributed by atoms with Crippen LogP contribution in [0.2, 0.25) is 0 Å². The number of aryl methyl sites for hydroxylation is 1. The monoisotopic (exact) mass is 374 g/mol. The van der Waals surface area contributed by atoms with Gasteiger partial charge in [0.1, 0.15) is 5.82 Å². The van der Waals surface area contributed by atoms with Crippen LogP contribution in [-0.4, -0.2) is 45.8 Å². The number of benzene rings is 2. The Bertz CT molecular complexity index is 995. The fraction of sp³-hybridized carbons (Fsp3) is 0.348. The van der Waals surface area contributed by atoms with Gasteiger partial charge in [0.15, 0.2) is 0 Å². The summed E-state index contributed by atoms with van der Waals surface area (Å²) in [7, 11) is 1.81. The van der Waals surface area contributed by atoms with E-state index in [0.29, 0.717) is 12.4 Å². The molecule has 5 nitrogen and oxygen atoms in total. The van der Waals surface area contributed by atoms with Gasteiger partial charge in [-0.3, -0.25) is 9.69 Å². The van der Waals surface area contributed by atoms with Crippen LogP contribution >= 0.6 is 0 Å². The van der Waals surface area contributed by atoms with E-state index in [4.69, 9.17) is 0 Å². The van der Waals surface area contributed by atoms with E-state index in [-0.39, 0.29) is 5.91 Å². The first-order chi connectivity index (χ1) is 13.6. The minimum absolute atomic E-state index is 0.00214. The van der Waals surface area contributed by atoms with E-state index in [0.717, 1.165) is 41.8 Å². The summed E-state index contributed by atoms with van der Waals surface area (Å²) in [6.45, 7) is 5.59. The number of amides is 1. The highest BCUT2D eigenvalue weighted by molar-refractivity contribution is 5.94. The number of carbonyl (C=O) groups excluding carboxylic acids is 1. The van der Waals surface area contributed by atoms with Gasteiger partial charge in [0, 0.05) is 30.2 Å². The van der Waals surface area contributed by atoms with Crippen molar-refractivity contribution < 1.29 is 4.79 Å². The molecule has 5 heteroatoms. The molecule has 1 aliphatic rings. The lowest BCUT2D eigenvalue weighted by Crippen LogP contribution is -2.27. The molecule has 0 saturated carbocycles. The summed E-state index contributed by atoms with van der Waals surface area (Å²) in [5.74, 6) is 0.665. The van der Waals surface area contributed by atoms with Crippen LogP contribution < -0.4 is 0 Å². The largest absolute Gasteiger partial charge is 0.334 e. The molecule has 0 bridgehead atoms. The summed E-state index contributed by atoms with van der Waals surface area (Å²) >= 11 is 0. The minimum Gasteiger partial charge on any atom is -0.334 e. The van der Waals surface area contributed by atoms with E-state index in [1.165, 1.54) is 18.4 Å². The fourth-order valence-electron chi connectivity index (χ4n) is 3.87. The number of aromatic nitrogens is 2. The maximum atomic E-state index is 12.9. The van der Waals surface area contributed by atoms with Crippen LogP contribution in [0.3, 0.4) is 0 Å². The first-order valence-corrected chi connectivity index (χ1v) is 9.89. The molecule has 0 radical (unpaired) electrons. The molecule has 1 aliphatic heterocycles. The third-order valence-electron chi connectivity index (χ3n) is 5.34. The topological polar surface area (TPSA) is 49.3 Å². The highest BCUT2D eigenvalue weighted by Crippen LogP contribution is 2.17. The number of carbonyl (C=O) groups is 1.